The van der Waals surface area contributed by atoms with Crippen molar-refractivity contribution < 1.29 is 4.74 Å². The van der Waals surface area contributed by atoms with Crippen molar-refractivity contribution in [2.24, 2.45) is 5.84 Å². The average molecular weight is 319 g/mol. The number of nitrogens with two attached hydrogens (primary N) is 1. The SMILES string of the molecule is CN(C)CCOCCNc1ncnc(NN)c1Br. The van der Waals surface area contributed by atoms with Gasteiger partial charge in [0.2, 0.25) is 0 Å². The number of hydrogen-bond acceptors (Lipinski definition) is 7. The zero-order valence-corrected chi connectivity index (χ0v) is 12.2. The number of nitrogens with zero attached hydrogens (tertiary/aromatic N) is 3. The zero-order chi connectivity index (χ0) is 13.4. The number of hydrogen-bond donors (Lipinski definition) is 3. The Labute approximate surface area is 115 Å². The summed E-state index contributed by atoms with van der Waals surface area (Å²) in [5.41, 5.74) is 2.48. The maximum absolute atomic E-state index is 5.46. The largest absolute Gasteiger partial charge is 0.378 e. The minimum absolute atomic E-state index is 0.543. The summed E-state index contributed by atoms with van der Waals surface area (Å²) in [4.78, 5) is 10.1. The Balaban J connectivity index is 2.27. The summed E-state index contributed by atoms with van der Waals surface area (Å²) in [6, 6.07) is 0. The molecular formula is C10H19BrN6O. The van der Waals surface area contributed by atoms with Crippen LogP contribution in [0.1, 0.15) is 0 Å². The zero-order valence-electron chi connectivity index (χ0n) is 10.6. The molecule has 0 fully saturated rings. The molecule has 102 valence electrons. The molecule has 0 aromatic carbocycles. The second-order valence-electron chi connectivity index (χ2n) is 3.87. The molecule has 18 heavy (non-hydrogen) atoms. The van der Waals surface area contributed by atoms with Crippen LogP contribution >= 0.6 is 15.9 Å². The second kappa shape index (κ2) is 8.20. The molecule has 1 aromatic rings. The topological polar surface area (TPSA) is 88.3 Å². The van der Waals surface area contributed by atoms with Crippen LogP contribution in [0.15, 0.2) is 10.8 Å². The van der Waals surface area contributed by atoms with Gasteiger partial charge >= 0.3 is 0 Å². The van der Waals surface area contributed by atoms with Crippen LogP contribution in [0, 0.1) is 0 Å². The number of ether oxygens (including phenoxy) is 1. The highest BCUT2D eigenvalue weighted by molar-refractivity contribution is 9.10. The molecule has 0 atom stereocenters. The van der Waals surface area contributed by atoms with E-state index in [2.05, 4.69) is 41.5 Å². The van der Waals surface area contributed by atoms with Crippen LogP contribution in [0.2, 0.25) is 0 Å². The predicted molar refractivity (Wildman–Crippen MR) is 75.4 cm³/mol. The van der Waals surface area contributed by atoms with Gasteiger partial charge in [-0.05, 0) is 30.0 Å². The summed E-state index contributed by atoms with van der Waals surface area (Å²) in [6.45, 7) is 2.93. The fourth-order valence-electron chi connectivity index (χ4n) is 1.18. The Morgan fingerprint density at radius 2 is 2.06 bits per heavy atom. The molecule has 1 aromatic heterocycles. The van der Waals surface area contributed by atoms with Crippen molar-refractivity contribution in [2.45, 2.75) is 0 Å². The molecule has 0 saturated heterocycles. The van der Waals surface area contributed by atoms with Gasteiger partial charge in [0.05, 0.1) is 13.2 Å². The van der Waals surface area contributed by atoms with Gasteiger partial charge < -0.3 is 20.4 Å². The van der Waals surface area contributed by atoms with Gasteiger partial charge in [0.1, 0.15) is 16.6 Å². The van der Waals surface area contributed by atoms with Gasteiger partial charge in [0.15, 0.2) is 5.82 Å². The maximum Gasteiger partial charge on any atom is 0.159 e. The average Bonchev–Trinajstić information content (AvgIpc) is 2.35. The molecule has 0 bridgehead atoms. The number of hydrazine groups is 1. The molecule has 1 heterocycles. The van der Waals surface area contributed by atoms with E-state index in [0.717, 1.165) is 13.2 Å². The minimum atomic E-state index is 0.543. The van der Waals surface area contributed by atoms with Crippen LogP contribution in [0.25, 0.3) is 0 Å². The molecule has 1 rings (SSSR count). The van der Waals surface area contributed by atoms with E-state index in [-0.39, 0.29) is 0 Å². The minimum Gasteiger partial charge on any atom is -0.378 e. The highest BCUT2D eigenvalue weighted by atomic mass is 79.9. The number of aromatic nitrogens is 2. The number of halogens is 1. The lowest BCUT2D eigenvalue weighted by atomic mass is 10.5. The highest BCUT2D eigenvalue weighted by Gasteiger charge is 2.06. The van der Waals surface area contributed by atoms with E-state index < -0.39 is 0 Å². The first-order chi connectivity index (χ1) is 8.65. The standard InChI is InChI=1S/C10H19BrN6O/c1-17(2)4-6-18-5-3-13-9-8(11)10(16-12)15-7-14-9/h7H,3-6,12H2,1-2H3,(H2,13,14,15,16). The number of likely N-dealkylation sites (N-methyl/N-ethyl adjacent to an activating group) is 1. The highest BCUT2D eigenvalue weighted by Crippen LogP contribution is 2.25. The fraction of sp³-hybridized carbons (Fsp3) is 0.600. The Hall–Kier alpha value is -0.960. The Kier molecular flexibility index (Phi) is 6.88. The van der Waals surface area contributed by atoms with Gasteiger partial charge in [-0.3, -0.25) is 0 Å². The third-order valence-corrected chi connectivity index (χ3v) is 2.90. The van der Waals surface area contributed by atoms with Crippen molar-refractivity contribution in [3.63, 3.8) is 0 Å². The molecule has 0 aliphatic carbocycles. The summed E-state index contributed by atoms with van der Waals surface area (Å²) in [5.74, 6) is 6.55. The number of nitrogen functional groups attached to an aromatic ring is 1. The lowest BCUT2D eigenvalue weighted by molar-refractivity contribution is 0.126. The van der Waals surface area contributed by atoms with Crippen LogP contribution in [0.3, 0.4) is 0 Å². The van der Waals surface area contributed by atoms with E-state index in [4.69, 9.17) is 10.6 Å². The molecule has 0 amide bonds. The van der Waals surface area contributed by atoms with Crippen molar-refractivity contribution >= 4 is 27.6 Å². The van der Waals surface area contributed by atoms with Crippen LogP contribution < -0.4 is 16.6 Å². The Bertz CT molecular complexity index is 362. The van der Waals surface area contributed by atoms with Crippen molar-refractivity contribution in [1.82, 2.24) is 14.9 Å². The van der Waals surface area contributed by atoms with Crippen molar-refractivity contribution in [1.29, 1.82) is 0 Å². The van der Waals surface area contributed by atoms with Gasteiger partial charge in [-0.2, -0.15) is 0 Å². The molecule has 7 nitrogen and oxygen atoms in total. The number of rotatable bonds is 8. The normalized spacial score (nSPS) is 10.7. The van der Waals surface area contributed by atoms with E-state index in [1.54, 1.807) is 0 Å². The number of nitrogens with one attached hydrogen (secondary N) is 2. The van der Waals surface area contributed by atoms with E-state index in [9.17, 15) is 0 Å². The first kappa shape index (κ1) is 15.1. The van der Waals surface area contributed by atoms with Gasteiger partial charge in [-0.1, -0.05) is 0 Å². The Morgan fingerprint density at radius 3 is 2.72 bits per heavy atom. The summed E-state index contributed by atoms with van der Waals surface area (Å²) in [6.07, 6.45) is 1.44. The molecule has 0 radical (unpaired) electrons. The van der Waals surface area contributed by atoms with Crippen LogP contribution in [-0.4, -0.2) is 55.3 Å². The van der Waals surface area contributed by atoms with Gasteiger partial charge in [0.25, 0.3) is 0 Å². The van der Waals surface area contributed by atoms with Crippen molar-refractivity contribution in [3.8, 4) is 0 Å². The van der Waals surface area contributed by atoms with Gasteiger partial charge in [0, 0.05) is 13.1 Å². The molecule has 0 aliphatic rings. The summed E-state index contributed by atoms with van der Waals surface area (Å²) >= 11 is 3.37. The molecule has 0 aliphatic heterocycles. The summed E-state index contributed by atoms with van der Waals surface area (Å²) < 4.78 is 6.17. The lowest BCUT2D eigenvalue weighted by Crippen LogP contribution is -2.20. The lowest BCUT2D eigenvalue weighted by Gasteiger charge is -2.11. The maximum atomic E-state index is 5.46. The Morgan fingerprint density at radius 1 is 1.33 bits per heavy atom. The molecule has 0 spiro atoms. The molecule has 8 heteroatoms. The van der Waals surface area contributed by atoms with E-state index in [0.29, 0.717) is 29.3 Å². The van der Waals surface area contributed by atoms with E-state index in [1.165, 1.54) is 6.33 Å². The first-order valence-electron chi connectivity index (χ1n) is 5.58. The predicted octanol–water partition coefficient (Wildman–Crippen LogP) is 0.515. The number of anilines is 2. The summed E-state index contributed by atoms with van der Waals surface area (Å²) in [7, 11) is 4.03. The van der Waals surface area contributed by atoms with E-state index >= 15 is 0 Å². The van der Waals surface area contributed by atoms with Crippen LogP contribution in [0.4, 0.5) is 11.6 Å². The smallest absolute Gasteiger partial charge is 0.159 e. The van der Waals surface area contributed by atoms with Gasteiger partial charge in [-0.15, -0.1) is 0 Å². The second-order valence-corrected chi connectivity index (χ2v) is 4.66. The molecule has 0 saturated carbocycles. The van der Waals surface area contributed by atoms with Gasteiger partial charge in [-0.25, -0.2) is 15.8 Å². The van der Waals surface area contributed by atoms with E-state index in [1.807, 2.05) is 14.1 Å². The monoisotopic (exact) mass is 318 g/mol. The van der Waals surface area contributed by atoms with Crippen LogP contribution in [0.5, 0.6) is 0 Å². The third-order valence-electron chi connectivity index (χ3n) is 2.15. The van der Waals surface area contributed by atoms with Crippen molar-refractivity contribution in [3.05, 3.63) is 10.8 Å². The molecule has 0 unspecified atom stereocenters. The van der Waals surface area contributed by atoms with Crippen molar-refractivity contribution in [2.75, 3.05) is 51.1 Å². The molecule has 4 N–H and O–H groups in total. The first-order valence-corrected chi connectivity index (χ1v) is 6.38. The third kappa shape index (κ3) is 5.13. The summed E-state index contributed by atoms with van der Waals surface area (Å²) in [5, 5.41) is 3.14. The fourth-order valence-corrected chi connectivity index (χ4v) is 1.64. The molecular weight excluding hydrogens is 300 g/mol. The quantitative estimate of drug-likeness (QED) is 0.366. The van der Waals surface area contributed by atoms with Crippen LogP contribution in [-0.2, 0) is 4.74 Å².